The molecule has 2 N–H and O–H groups in total. The summed E-state index contributed by atoms with van der Waals surface area (Å²) in [5.74, 6) is 0.862. The zero-order valence-electron chi connectivity index (χ0n) is 17.7. The van der Waals surface area contributed by atoms with E-state index < -0.39 is 5.97 Å². The van der Waals surface area contributed by atoms with E-state index in [4.69, 9.17) is 14.4 Å². The summed E-state index contributed by atoms with van der Waals surface area (Å²) in [5.41, 5.74) is 5.14. The summed E-state index contributed by atoms with van der Waals surface area (Å²) in [6.45, 7) is 4.46. The Labute approximate surface area is 184 Å². The molecule has 0 aliphatic rings. The molecule has 32 heavy (non-hydrogen) atoms. The number of H-pyrrole nitrogens is 1. The second kappa shape index (κ2) is 9.18. The first-order chi connectivity index (χ1) is 15.6. The zero-order valence-corrected chi connectivity index (χ0v) is 17.7. The molecule has 160 valence electrons. The number of furan rings is 1. The number of rotatable bonds is 7. The van der Waals surface area contributed by atoms with Gasteiger partial charge in [0, 0.05) is 6.20 Å². The van der Waals surface area contributed by atoms with Gasteiger partial charge in [0.25, 0.3) is 0 Å². The fourth-order valence-electron chi connectivity index (χ4n) is 3.31. The van der Waals surface area contributed by atoms with Gasteiger partial charge in [0.2, 0.25) is 5.76 Å². The van der Waals surface area contributed by atoms with Crippen molar-refractivity contribution in [2.45, 2.75) is 20.4 Å². The number of carbonyl (C=O) groups excluding carboxylic acids is 1. The van der Waals surface area contributed by atoms with E-state index in [-0.39, 0.29) is 12.4 Å². The lowest BCUT2D eigenvalue weighted by Crippen LogP contribution is -2.02. The van der Waals surface area contributed by atoms with Gasteiger partial charge in [0.1, 0.15) is 11.5 Å². The van der Waals surface area contributed by atoms with Crippen molar-refractivity contribution in [2.24, 2.45) is 0 Å². The van der Waals surface area contributed by atoms with Gasteiger partial charge in [-0.1, -0.05) is 6.07 Å². The SMILES string of the molecule is CCOC(=O)c1ccc(-c2cc(CNc3cc(-c4ccc(C#N)cc4C)ccn3)n[nH]2)o1. The lowest BCUT2D eigenvalue weighted by Gasteiger charge is -2.09. The van der Waals surface area contributed by atoms with Crippen LogP contribution in [0.2, 0.25) is 0 Å². The van der Waals surface area contributed by atoms with Crippen molar-refractivity contribution < 1.29 is 13.9 Å². The summed E-state index contributed by atoms with van der Waals surface area (Å²) >= 11 is 0. The fraction of sp³-hybridized carbons (Fsp3) is 0.167. The quantitative estimate of drug-likeness (QED) is 0.411. The highest BCUT2D eigenvalue weighted by Gasteiger charge is 2.14. The Morgan fingerprint density at radius 1 is 1.22 bits per heavy atom. The van der Waals surface area contributed by atoms with Gasteiger partial charge in [-0.15, -0.1) is 0 Å². The van der Waals surface area contributed by atoms with Crippen molar-refractivity contribution in [2.75, 3.05) is 11.9 Å². The molecule has 8 nitrogen and oxygen atoms in total. The summed E-state index contributed by atoms with van der Waals surface area (Å²) in [4.78, 5) is 16.1. The number of aromatic nitrogens is 3. The molecule has 0 radical (unpaired) electrons. The molecular weight excluding hydrogens is 406 g/mol. The molecule has 0 atom stereocenters. The van der Waals surface area contributed by atoms with Gasteiger partial charge < -0.3 is 14.5 Å². The minimum Gasteiger partial charge on any atom is -0.460 e. The van der Waals surface area contributed by atoms with Crippen molar-refractivity contribution in [3.63, 3.8) is 0 Å². The Balaban J connectivity index is 1.44. The molecule has 0 saturated heterocycles. The van der Waals surface area contributed by atoms with Crippen molar-refractivity contribution in [3.05, 3.63) is 77.3 Å². The number of esters is 1. The van der Waals surface area contributed by atoms with Gasteiger partial charge in [0.05, 0.1) is 30.5 Å². The van der Waals surface area contributed by atoms with E-state index >= 15 is 0 Å². The van der Waals surface area contributed by atoms with Crippen LogP contribution in [0.4, 0.5) is 5.82 Å². The van der Waals surface area contributed by atoms with Crippen LogP contribution >= 0.6 is 0 Å². The lowest BCUT2D eigenvalue weighted by molar-refractivity contribution is 0.0491. The summed E-state index contributed by atoms with van der Waals surface area (Å²) in [6, 6.07) is 16.8. The van der Waals surface area contributed by atoms with E-state index in [0.717, 1.165) is 22.4 Å². The number of nitriles is 1. The molecule has 3 aromatic heterocycles. The first kappa shape index (κ1) is 20.9. The highest BCUT2D eigenvalue weighted by atomic mass is 16.5. The standard InChI is InChI=1S/C24H21N5O3/c1-3-31-24(30)22-7-6-21(32-22)20-12-18(28-29-20)14-27-23-11-17(8-9-26-23)19-5-4-16(13-25)10-15(19)2/h4-12H,3,14H2,1-2H3,(H,26,27)(H,28,29). The Hall–Kier alpha value is -4.38. The van der Waals surface area contributed by atoms with Crippen LogP contribution in [0.1, 0.15) is 34.3 Å². The van der Waals surface area contributed by atoms with Crippen LogP contribution in [-0.4, -0.2) is 27.8 Å². The number of aryl methyl sites for hydroxylation is 1. The maximum absolute atomic E-state index is 11.8. The van der Waals surface area contributed by atoms with E-state index in [1.54, 1.807) is 25.3 Å². The average molecular weight is 427 g/mol. The Kier molecular flexibility index (Phi) is 5.99. The largest absolute Gasteiger partial charge is 0.460 e. The van der Waals surface area contributed by atoms with Crippen LogP contribution in [0.3, 0.4) is 0 Å². The third-order valence-corrected chi connectivity index (χ3v) is 4.86. The topological polar surface area (TPSA) is 117 Å². The van der Waals surface area contributed by atoms with E-state index in [9.17, 15) is 4.79 Å². The van der Waals surface area contributed by atoms with Gasteiger partial charge in [0.15, 0.2) is 5.76 Å². The number of carbonyl (C=O) groups is 1. The van der Waals surface area contributed by atoms with Crippen LogP contribution in [0.25, 0.3) is 22.6 Å². The van der Waals surface area contributed by atoms with E-state index in [2.05, 4.69) is 26.6 Å². The minimum absolute atomic E-state index is 0.148. The number of hydrogen-bond acceptors (Lipinski definition) is 7. The molecule has 8 heteroatoms. The molecule has 0 spiro atoms. The normalized spacial score (nSPS) is 10.5. The number of nitrogens with zero attached hydrogens (tertiary/aromatic N) is 3. The van der Waals surface area contributed by atoms with Gasteiger partial charge in [-0.05, 0) is 73.0 Å². The molecule has 0 amide bonds. The monoisotopic (exact) mass is 427 g/mol. The summed E-state index contributed by atoms with van der Waals surface area (Å²) in [5, 5.41) is 19.5. The van der Waals surface area contributed by atoms with Gasteiger partial charge in [-0.3, -0.25) is 5.10 Å². The number of nitrogens with one attached hydrogen (secondary N) is 2. The first-order valence-corrected chi connectivity index (χ1v) is 10.1. The Morgan fingerprint density at radius 3 is 2.88 bits per heavy atom. The molecule has 0 unspecified atom stereocenters. The van der Waals surface area contributed by atoms with E-state index in [0.29, 0.717) is 29.4 Å². The van der Waals surface area contributed by atoms with Gasteiger partial charge in [-0.25, -0.2) is 9.78 Å². The van der Waals surface area contributed by atoms with Crippen molar-refractivity contribution >= 4 is 11.8 Å². The van der Waals surface area contributed by atoms with Crippen molar-refractivity contribution in [1.82, 2.24) is 15.2 Å². The maximum atomic E-state index is 11.8. The number of anilines is 1. The number of pyridine rings is 1. The van der Waals surface area contributed by atoms with Crippen LogP contribution in [0.15, 0.2) is 59.1 Å². The number of aromatic amines is 1. The lowest BCUT2D eigenvalue weighted by atomic mass is 9.99. The van der Waals surface area contributed by atoms with Gasteiger partial charge in [-0.2, -0.15) is 10.4 Å². The highest BCUT2D eigenvalue weighted by Crippen LogP contribution is 2.26. The molecule has 1 aromatic carbocycles. The second-order valence-electron chi connectivity index (χ2n) is 7.08. The maximum Gasteiger partial charge on any atom is 0.374 e. The predicted octanol–water partition coefficient (Wildman–Crippen LogP) is 4.70. The second-order valence-corrected chi connectivity index (χ2v) is 7.08. The Bertz CT molecular complexity index is 1300. The summed E-state index contributed by atoms with van der Waals surface area (Å²) < 4.78 is 10.5. The molecule has 4 aromatic rings. The molecule has 0 fully saturated rings. The number of benzene rings is 1. The molecule has 0 aliphatic carbocycles. The number of ether oxygens (including phenoxy) is 1. The summed E-state index contributed by atoms with van der Waals surface area (Å²) in [7, 11) is 0. The van der Waals surface area contributed by atoms with Crippen LogP contribution in [0.5, 0.6) is 0 Å². The molecule has 0 bridgehead atoms. The fourth-order valence-corrected chi connectivity index (χ4v) is 3.31. The van der Waals surface area contributed by atoms with E-state index in [1.165, 1.54) is 0 Å². The average Bonchev–Trinajstić information content (AvgIpc) is 3.48. The predicted molar refractivity (Wildman–Crippen MR) is 119 cm³/mol. The van der Waals surface area contributed by atoms with E-state index in [1.807, 2.05) is 43.3 Å². The molecular formula is C24H21N5O3. The van der Waals surface area contributed by atoms with Crippen LogP contribution in [0, 0.1) is 18.3 Å². The molecule has 0 aliphatic heterocycles. The van der Waals surface area contributed by atoms with Crippen LogP contribution in [-0.2, 0) is 11.3 Å². The molecule has 3 heterocycles. The molecule has 0 saturated carbocycles. The molecule has 4 rings (SSSR count). The summed E-state index contributed by atoms with van der Waals surface area (Å²) in [6.07, 6.45) is 1.74. The minimum atomic E-state index is -0.497. The van der Waals surface area contributed by atoms with Crippen LogP contribution < -0.4 is 5.32 Å². The third-order valence-electron chi connectivity index (χ3n) is 4.86. The zero-order chi connectivity index (χ0) is 22.5. The van der Waals surface area contributed by atoms with Crippen molar-refractivity contribution in [1.29, 1.82) is 5.26 Å². The first-order valence-electron chi connectivity index (χ1n) is 10.1. The Morgan fingerprint density at radius 2 is 2.09 bits per heavy atom. The number of hydrogen-bond donors (Lipinski definition) is 2. The third kappa shape index (κ3) is 4.52. The smallest absolute Gasteiger partial charge is 0.374 e. The van der Waals surface area contributed by atoms with Crippen molar-refractivity contribution in [3.8, 4) is 28.7 Å². The highest BCUT2D eigenvalue weighted by molar-refractivity contribution is 5.87. The van der Waals surface area contributed by atoms with Gasteiger partial charge >= 0.3 is 5.97 Å².